The van der Waals surface area contributed by atoms with Crippen LogP contribution in [0.2, 0.25) is 0 Å². The van der Waals surface area contributed by atoms with E-state index in [0.29, 0.717) is 98.9 Å². The maximum atomic E-state index is 11.7. The Bertz CT molecular complexity index is 549. The predicted octanol–water partition coefficient (Wildman–Crippen LogP) is 4.13. The minimum absolute atomic E-state index is 0.139. The van der Waals surface area contributed by atoms with Crippen molar-refractivity contribution in [3.63, 3.8) is 0 Å². The first-order valence-electron chi connectivity index (χ1n) is 15.5. The largest absolute Gasteiger partial charge is 0.469 e. The van der Waals surface area contributed by atoms with Gasteiger partial charge in [-0.1, -0.05) is 58.3 Å². The van der Waals surface area contributed by atoms with Gasteiger partial charge in [-0.25, -0.2) is 0 Å². The van der Waals surface area contributed by atoms with Crippen molar-refractivity contribution in [2.75, 3.05) is 106 Å². The van der Waals surface area contributed by atoms with Crippen molar-refractivity contribution in [3.8, 4) is 0 Å². The minimum Gasteiger partial charge on any atom is -0.469 e. The lowest BCUT2D eigenvalue weighted by atomic mass is 10.1. The molecule has 0 fully saturated rings. The molecule has 0 bridgehead atoms. The van der Waals surface area contributed by atoms with Crippen molar-refractivity contribution >= 4 is 11.9 Å². The molecule has 41 heavy (non-hydrogen) atoms. The van der Waals surface area contributed by atoms with Crippen molar-refractivity contribution in [1.82, 2.24) is 0 Å². The van der Waals surface area contributed by atoms with Crippen molar-refractivity contribution in [2.24, 2.45) is 0 Å². The molecule has 0 heterocycles. The maximum Gasteiger partial charge on any atom is 0.307 e. The summed E-state index contributed by atoms with van der Waals surface area (Å²) < 4.78 is 47.5. The zero-order valence-corrected chi connectivity index (χ0v) is 25.9. The number of hydrogen-bond donors (Lipinski definition) is 0. The van der Waals surface area contributed by atoms with Gasteiger partial charge in [-0.15, -0.1) is 0 Å². The summed E-state index contributed by atoms with van der Waals surface area (Å²) in [6.45, 7) is 8.91. The summed E-state index contributed by atoms with van der Waals surface area (Å²) in [4.78, 5) is 22.6. The Morgan fingerprint density at radius 1 is 0.390 bits per heavy atom. The van der Waals surface area contributed by atoms with Crippen LogP contribution < -0.4 is 0 Å². The summed E-state index contributed by atoms with van der Waals surface area (Å²) in [6, 6.07) is 0. The van der Waals surface area contributed by atoms with Gasteiger partial charge in [-0.3, -0.25) is 9.59 Å². The van der Waals surface area contributed by atoms with E-state index in [0.717, 1.165) is 12.8 Å². The SMILES string of the molecule is CCCCCCCCCCCC(=O)OCCOCCOCCOCCOCCOCCOCCOCCC(=O)OC. The van der Waals surface area contributed by atoms with Crippen molar-refractivity contribution in [1.29, 1.82) is 0 Å². The summed E-state index contributed by atoms with van der Waals surface area (Å²) >= 11 is 0. The summed E-state index contributed by atoms with van der Waals surface area (Å²) in [5.41, 5.74) is 0. The van der Waals surface area contributed by atoms with Crippen LogP contribution >= 0.6 is 0 Å². The van der Waals surface area contributed by atoms with E-state index in [1.54, 1.807) is 0 Å². The number of carbonyl (C=O) groups excluding carboxylic acids is 2. The second-order valence-electron chi connectivity index (χ2n) is 9.41. The smallest absolute Gasteiger partial charge is 0.307 e. The highest BCUT2D eigenvalue weighted by atomic mass is 16.6. The molecule has 0 amide bonds. The molecule has 0 aliphatic carbocycles. The Hall–Kier alpha value is -1.34. The van der Waals surface area contributed by atoms with E-state index in [9.17, 15) is 9.59 Å². The average Bonchev–Trinajstić information content (AvgIpc) is 2.98. The fourth-order valence-corrected chi connectivity index (χ4v) is 3.55. The molecule has 0 N–H and O–H groups in total. The summed E-state index contributed by atoms with van der Waals surface area (Å²) in [7, 11) is 1.35. The normalized spacial score (nSPS) is 11.2. The first kappa shape index (κ1) is 39.7. The van der Waals surface area contributed by atoms with Crippen LogP contribution in [-0.2, 0) is 52.2 Å². The Morgan fingerprint density at radius 3 is 1.12 bits per heavy atom. The van der Waals surface area contributed by atoms with Crippen LogP contribution in [0.1, 0.15) is 77.6 Å². The van der Waals surface area contributed by atoms with Crippen LogP contribution in [0.25, 0.3) is 0 Å². The van der Waals surface area contributed by atoms with Crippen LogP contribution in [-0.4, -0.2) is 118 Å². The molecule has 0 unspecified atom stereocenters. The van der Waals surface area contributed by atoms with Gasteiger partial charge in [-0.2, -0.15) is 0 Å². The topological polar surface area (TPSA) is 117 Å². The molecule has 0 spiro atoms. The molecule has 244 valence electrons. The van der Waals surface area contributed by atoms with Crippen molar-refractivity contribution in [2.45, 2.75) is 77.6 Å². The molecule has 0 saturated heterocycles. The molecular formula is C30H58O11. The molecule has 11 heteroatoms. The monoisotopic (exact) mass is 594 g/mol. The lowest BCUT2D eigenvalue weighted by molar-refractivity contribution is -0.145. The van der Waals surface area contributed by atoms with Crippen LogP contribution in [0.5, 0.6) is 0 Å². The zero-order chi connectivity index (χ0) is 29.9. The Kier molecular flexibility index (Phi) is 33.7. The van der Waals surface area contributed by atoms with E-state index in [1.807, 2.05) is 0 Å². The first-order chi connectivity index (χ1) is 20.2. The highest BCUT2D eigenvalue weighted by Gasteiger charge is 2.03. The molecule has 0 radical (unpaired) electrons. The van der Waals surface area contributed by atoms with Crippen LogP contribution in [0, 0.1) is 0 Å². The standard InChI is InChI=1S/C30H58O11/c1-3-4-5-6-7-8-9-10-11-12-30(32)41-28-27-40-26-25-39-24-23-38-22-21-37-20-19-36-18-17-35-16-15-34-14-13-29(31)33-2/h3-28H2,1-2H3. The molecule has 0 saturated carbocycles. The third-order valence-corrected chi connectivity index (χ3v) is 5.89. The maximum absolute atomic E-state index is 11.7. The quantitative estimate of drug-likeness (QED) is 0.0791. The Balaban J connectivity index is 3.13. The molecule has 0 rings (SSSR count). The van der Waals surface area contributed by atoms with Gasteiger partial charge in [0.2, 0.25) is 0 Å². The third-order valence-electron chi connectivity index (χ3n) is 5.89. The zero-order valence-electron chi connectivity index (χ0n) is 25.9. The molecule has 0 aliphatic rings. The van der Waals surface area contributed by atoms with E-state index in [1.165, 1.54) is 52.1 Å². The second-order valence-corrected chi connectivity index (χ2v) is 9.41. The summed E-state index contributed by atoms with van der Waals surface area (Å²) in [6.07, 6.45) is 11.8. The van der Waals surface area contributed by atoms with Gasteiger partial charge in [0, 0.05) is 6.42 Å². The predicted molar refractivity (Wildman–Crippen MR) is 155 cm³/mol. The molecule has 0 aromatic heterocycles. The lowest BCUT2D eigenvalue weighted by Gasteiger charge is -2.09. The van der Waals surface area contributed by atoms with Crippen LogP contribution in [0.15, 0.2) is 0 Å². The van der Waals surface area contributed by atoms with Gasteiger partial charge in [0.15, 0.2) is 0 Å². The van der Waals surface area contributed by atoms with Crippen LogP contribution in [0.4, 0.5) is 0 Å². The Labute approximate surface area is 248 Å². The van der Waals surface area contributed by atoms with Crippen molar-refractivity contribution < 1.29 is 52.2 Å². The van der Waals surface area contributed by atoms with E-state index >= 15 is 0 Å². The molecule has 0 aromatic rings. The third kappa shape index (κ3) is 34.8. The van der Waals surface area contributed by atoms with Crippen molar-refractivity contribution in [3.05, 3.63) is 0 Å². The van der Waals surface area contributed by atoms with Crippen LogP contribution in [0.3, 0.4) is 0 Å². The van der Waals surface area contributed by atoms with Gasteiger partial charge in [0.05, 0.1) is 106 Å². The summed E-state index contributed by atoms with van der Waals surface area (Å²) in [5, 5.41) is 0. The molecule has 0 aliphatic heterocycles. The van der Waals surface area contributed by atoms with E-state index < -0.39 is 0 Å². The number of hydrogen-bond acceptors (Lipinski definition) is 11. The van der Waals surface area contributed by atoms with E-state index in [-0.39, 0.29) is 25.0 Å². The number of ether oxygens (including phenoxy) is 9. The van der Waals surface area contributed by atoms with Gasteiger partial charge >= 0.3 is 11.9 Å². The number of methoxy groups -OCH3 is 1. The van der Waals surface area contributed by atoms with Gasteiger partial charge in [-0.05, 0) is 6.42 Å². The lowest BCUT2D eigenvalue weighted by Crippen LogP contribution is -2.15. The van der Waals surface area contributed by atoms with E-state index in [4.69, 9.17) is 37.9 Å². The number of rotatable bonds is 34. The summed E-state index contributed by atoms with van der Waals surface area (Å²) in [5.74, 6) is -0.424. The average molecular weight is 595 g/mol. The molecular weight excluding hydrogens is 536 g/mol. The van der Waals surface area contributed by atoms with Gasteiger partial charge < -0.3 is 42.6 Å². The molecule has 0 atom stereocenters. The molecule has 11 nitrogen and oxygen atoms in total. The Morgan fingerprint density at radius 2 is 0.732 bits per heavy atom. The van der Waals surface area contributed by atoms with Gasteiger partial charge in [0.1, 0.15) is 6.61 Å². The highest BCUT2D eigenvalue weighted by molar-refractivity contribution is 5.69. The minimum atomic E-state index is -0.285. The fourth-order valence-electron chi connectivity index (χ4n) is 3.55. The first-order valence-corrected chi connectivity index (χ1v) is 15.5. The van der Waals surface area contributed by atoms with Gasteiger partial charge in [0.25, 0.3) is 0 Å². The fraction of sp³-hybridized carbons (Fsp3) is 0.933. The molecule has 0 aromatic carbocycles. The second kappa shape index (κ2) is 34.9. The van der Waals surface area contributed by atoms with E-state index in [2.05, 4.69) is 11.7 Å². The number of esters is 2. The number of unbranched alkanes of at least 4 members (excludes halogenated alkanes) is 8. The number of carbonyl (C=O) groups is 2. The highest BCUT2D eigenvalue weighted by Crippen LogP contribution is 2.10.